The molecule has 2 saturated heterocycles. The highest BCUT2D eigenvalue weighted by molar-refractivity contribution is 5.83. The highest BCUT2D eigenvalue weighted by Crippen LogP contribution is 2.21. The third kappa shape index (κ3) is 1.51. The van der Waals surface area contributed by atoms with Crippen LogP contribution in [0.1, 0.15) is 20.8 Å². The van der Waals surface area contributed by atoms with Crippen LogP contribution in [0.15, 0.2) is 0 Å². The topological polar surface area (TPSA) is 56.4 Å². The summed E-state index contributed by atoms with van der Waals surface area (Å²) in [5.74, 6) is 0.119. The van der Waals surface area contributed by atoms with Gasteiger partial charge >= 0.3 is 0 Å². The molecule has 3 N–H and O–H groups in total. The van der Waals surface area contributed by atoms with E-state index in [9.17, 15) is 4.79 Å². The van der Waals surface area contributed by atoms with Crippen LogP contribution in [0.3, 0.4) is 0 Å². The van der Waals surface area contributed by atoms with E-state index < -0.39 is 0 Å². The zero-order valence-electron chi connectivity index (χ0n) is 8.92. The van der Waals surface area contributed by atoms with Crippen LogP contribution in [-0.2, 0) is 4.79 Å². The van der Waals surface area contributed by atoms with Crippen molar-refractivity contribution >= 4 is 5.91 Å². The van der Waals surface area contributed by atoms with Gasteiger partial charge in [0, 0.05) is 18.1 Å². The largest absolute Gasteiger partial charge is 0.342 e. The molecule has 2 atom stereocenters. The number of hydrazine groups is 1. The van der Waals surface area contributed by atoms with E-state index in [0.717, 1.165) is 6.54 Å². The molecular formula is C9H18N4O. The lowest BCUT2D eigenvalue weighted by molar-refractivity contribution is -0.130. The maximum Gasteiger partial charge on any atom is 0.241 e. The molecule has 14 heavy (non-hydrogen) atoms. The van der Waals surface area contributed by atoms with E-state index >= 15 is 0 Å². The molecule has 2 aliphatic rings. The third-order valence-corrected chi connectivity index (χ3v) is 2.76. The van der Waals surface area contributed by atoms with E-state index in [-0.39, 0.29) is 23.5 Å². The first-order valence-electron chi connectivity index (χ1n) is 5.04. The molecule has 2 aliphatic heterocycles. The number of carbonyl (C=O) groups is 1. The van der Waals surface area contributed by atoms with E-state index in [1.807, 2.05) is 5.01 Å². The number of amides is 1. The molecule has 0 aromatic rings. The molecule has 0 saturated carbocycles. The van der Waals surface area contributed by atoms with Crippen molar-refractivity contribution in [3.63, 3.8) is 0 Å². The van der Waals surface area contributed by atoms with Crippen LogP contribution in [-0.4, -0.2) is 41.8 Å². The van der Waals surface area contributed by atoms with Crippen LogP contribution in [0.25, 0.3) is 0 Å². The van der Waals surface area contributed by atoms with E-state index in [1.165, 1.54) is 0 Å². The molecule has 0 aromatic carbocycles. The van der Waals surface area contributed by atoms with Gasteiger partial charge in [0.1, 0.15) is 6.04 Å². The second-order valence-electron chi connectivity index (χ2n) is 4.88. The van der Waals surface area contributed by atoms with Crippen molar-refractivity contribution in [2.45, 2.75) is 38.4 Å². The molecular weight excluding hydrogens is 180 g/mol. The van der Waals surface area contributed by atoms with Gasteiger partial charge < -0.3 is 5.32 Å². The lowest BCUT2D eigenvalue weighted by Crippen LogP contribution is -2.63. The molecule has 0 aromatic heterocycles. The monoisotopic (exact) mass is 198 g/mol. The summed E-state index contributed by atoms with van der Waals surface area (Å²) in [4.78, 5) is 11.7. The summed E-state index contributed by atoms with van der Waals surface area (Å²) < 4.78 is 0. The molecule has 0 bridgehead atoms. The summed E-state index contributed by atoms with van der Waals surface area (Å²) in [7, 11) is 0. The summed E-state index contributed by atoms with van der Waals surface area (Å²) in [5, 5.41) is 8.14. The predicted molar refractivity (Wildman–Crippen MR) is 53.3 cm³/mol. The maximum atomic E-state index is 11.7. The molecule has 0 aliphatic carbocycles. The van der Waals surface area contributed by atoms with Crippen LogP contribution in [0.2, 0.25) is 0 Å². The van der Waals surface area contributed by atoms with Crippen molar-refractivity contribution in [3.05, 3.63) is 0 Å². The summed E-state index contributed by atoms with van der Waals surface area (Å²) in [6, 6.07) is 0.159. The second kappa shape index (κ2) is 3.18. The Morgan fingerprint density at radius 2 is 2.14 bits per heavy atom. The van der Waals surface area contributed by atoms with Crippen molar-refractivity contribution in [2.75, 3.05) is 13.2 Å². The zero-order chi connectivity index (χ0) is 10.3. The van der Waals surface area contributed by atoms with E-state index in [4.69, 9.17) is 0 Å². The van der Waals surface area contributed by atoms with Crippen LogP contribution in [0.4, 0.5) is 0 Å². The predicted octanol–water partition coefficient (Wildman–Crippen LogP) is -0.981. The van der Waals surface area contributed by atoms with E-state index in [2.05, 4.69) is 36.8 Å². The Morgan fingerprint density at radius 1 is 1.43 bits per heavy atom. The number of nitrogens with one attached hydrogen (secondary N) is 3. The molecule has 80 valence electrons. The minimum absolute atomic E-state index is 0.0320. The smallest absolute Gasteiger partial charge is 0.241 e. The van der Waals surface area contributed by atoms with Crippen LogP contribution < -0.4 is 16.1 Å². The first-order chi connectivity index (χ1) is 6.50. The first-order valence-corrected chi connectivity index (χ1v) is 5.04. The van der Waals surface area contributed by atoms with Gasteiger partial charge in [-0.25, -0.2) is 5.01 Å². The molecule has 1 amide bonds. The van der Waals surface area contributed by atoms with Crippen molar-refractivity contribution in [1.29, 1.82) is 0 Å². The first kappa shape index (κ1) is 9.89. The molecule has 5 heteroatoms. The van der Waals surface area contributed by atoms with Crippen LogP contribution in [0.5, 0.6) is 0 Å². The van der Waals surface area contributed by atoms with Gasteiger partial charge in [-0.1, -0.05) is 0 Å². The van der Waals surface area contributed by atoms with Crippen molar-refractivity contribution < 1.29 is 4.79 Å². The van der Waals surface area contributed by atoms with Gasteiger partial charge in [0.25, 0.3) is 0 Å². The number of fused-ring (bicyclic) bond motifs is 1. The summed E-state index contributed by atoms with van der Waals surface area (Å²) in [6.07, 6.45) is 0. The van der Waals surface area contributed by atoms with Gasteiger partial charge in [-0.3, -0.25) is 15.5 Å². The van der Waals surface area contributed by atoms with Gasteiger partial charge in [0.05, 0.1) is 6.67 Å². The number of carbonyl (C=O) groups excluding carboxylic acids is 1. The Labute approximate surface area is 84.2 Å². The molecule has 0 spiro atoms. The van der Waals surface area contributed by atoms with Gasteiger partial charge in [0.15, 0.2) is 0 Å². The Morgan fingerprint density at radius 3 is 2.79 bits per heavy atom. The average Bonchev–Trinajstić information content (AvgIpc) is 2.47. The number of rotatable bonds is 0. The standard InChI is InChI=1S/C9H18N4O/c1-9(2,3)13-7-6(4-12-13)10-5-11-8(7)14/h6-7,10,12H,4-5H2,1-3H3,(H,11,14). The Kier molecular flexibility index (Phi) is 2.25. The normalized spacial score (nSPS) is 34.1. The maximum absolute atomic E-state index is 11.7. The molecule has 2 rings (SSSR count). The molecule has 2 fully saturated rings. The molecule has 2 heterocycles. The zero-order valence-corrected chi connectivity index (χ0v) is 8.92. The molecule has 0 radical (unpaired) electrons. The summed E-state index contributed by atoms with van der Waals surface area (Å²) in [6.45, 7) is 7.72. The van der Waals surface area contributed by atoms with E-state index in [0.29, 0.717) is 6.67 Å². The van der Waals surface area contributed by atoms with Gasteiger partial charge in [0.2, 0.25) is 5.91 Å². The second-order valence-corrected chi connectivity index (χ2v) is 4.88. The summed E-state index contributed by atoms with van der Waals surface area (Å²) in [5.41, 5.74) is 3.25. The third-order valence-electron chi connectivity index (χ3n) is 2.76. The molecule has 5 nitrogen and oxygen atoms in total. The van der Waals surface area contributed by atoms with Crippen LogP contribution >= 0.6 is 0 Å². The Balaban J connectivity index is 2.18. The number of nitrogens with zero attached hydrogens (tertiary/aromatic N) is 1. The minimum atomic E-state index is -0.0799. The fourth-order valence-electron chi connectivity index (χ4n) is 2.10. The number of hydrogen-bond donors (Lipinski definition) is 3. The van der Waals surface area contributed by atoms with Gasteiger partial charge in [-0.15, -0.1) is 0 Å². The lowest BCUT2D eigenvalue weighted by atomic mass is 10.0. The summed E-state index contributed by atoms with van der Waals surface area (Å²) >= 11 is 0. The fourth-order valence-corrected chi connectivity index (χ4v) is 2.10. The number of hydrogen-bond acceptors (Lipinski definition) is 4. The fraction of sp³-hybridized carbons (Fsp3) is 0.889. The van der Waals surface area contributed by atoms with Crippen LogP contribution in [0, 0.1) is 0 Å². The minimum Gasteiger partial charge on any atom is -0.342 e. The van der Waals surface area contributed by atoms with Crippen molar-refractivity contribution in [2.24, 2.45) is 0 Å². The van der Waals surface area contributed by atoms with Crippen molar-refractivity contribution in [1.82, 2.24) is 21.1 Å². The highest BCUT2D eigenvalue weighted by atomic mass is 16.2. The Bertz CT molecular complexity index is 248. The van der Waals surface area contributed by atoms with E-state index in [1.54, 1.807) is 0 Å². The van der Waals surface area contributed by atoms with Gasteiger partial charge in [-0.05, 0) is 20.8 Å². The SMILES string of the molecule is CC(C)(C)N1NCC2NCNC(=O)C21. The lowest BCUT2D eigenvalue weighted by Gasteiger charge is -2.38. The van der Waals surface area contributed by atoms with Crippen molar-refractivity contribution in [3.8, 4) is 0 Å². The highest BCUT2D eigenvalue weighted by Gasteiger charge is 2.45. The Hall–Kier alpha value is -0.650. The average molecular weight is 198 g/mol. The molecule has 2 unspecified atom stereocenters. The van der Waals surface area contributed by atoms with Gasteiger partial charge in [-0.2, -0.15) is 0 Å². The quantitative estimate of drug-likeness (QED) is 0.468.